The van der Waals surface area contributed by atoms with Gasteiger partial charge in [-0.25, -0.2) is 4.39 Å². The van der Waals surface area contributed by atoms with Crippen molar-refractivity contribution in [2.45, 2.75) is 25.7 Å². The van der Waals surface area contributed by atoms with E-state index in [-0.39, 0.29) is 24.6 Å². The molecule has 0 aliphatic rings. The fourth-order valence-electron chi connectivity index (χ4n) is 1.37. The Morgan fingerprint density at radius 1 is 1.28 bits per heavy atom. The van der Waals surface area contributed by atoms with Gasteiger partial charge in [-0.3, -0.25) is 9.59 Å². The lowest BCUT2D eigenvalue weighted by Gasteiger charge is -2.07. The van der Waals surface area contributed by atoms with Gasteiger partial charge in [0.25, 0.3) is 0 Å². The Hall–Kier alpha value is -1.18. The van der Waals surface area contributed by atoms with Crippen molar-refractivity contribution in [1.29, 1.82) is 0 Å². The number of anilines is 1. The van der Waals surface area contributed by atoms with Crippen molar-refractivity contribution in [2.24, 2.45) is 0 Å². The lowest BCUT2D eigenvalue weighted by atomic mass is 10.2. The minimum absolute atomic E-state index is 0.0603. The van der Waals surface area contributed by atoms with E-state index in [4.69, 9.17) is 5.11 Å². The second kappa shape index (κ2) is 7.30. The van der Waals surface area contributed by atoms with E-state index in [9.17, 15) is 14.0 Å². The van der Waals surface area contributed by atoms with E-state index < -0.39 is 5.97 Å². The van der Waals surface area contributed by atoms with Gasteiger partial charge in [-0.15, -0.1) is 0 Å². The predicted octanol–water partition coefficient (Wildman–Crippen LogP) is 3.01. The number of amides is 1. The Labute approximate surface area is 118 Å². The summed E-state index contributed by atoms with van der Waals surface area (Å²) in [5, 5.41) is 11.0. The molecule has 0 radical (unpaired) electrons. The lowest BCUT2D eigenvalue weighted by Crippen LogP contribution is -2.12. The molecule has 98 valence electrons. The minimum atomic E-state index is -0.866. The number of unbranched alkanes of at least 4 members (excludes halogenated alkanes) is 1. The Morgan fingerprint density at radius 3 is 2.61 bits per heavy atom. The molecule has 0 aliphatic heterocycles. The van der Waals surface area contributed by atoms with Gasteiger partial charge in [0.2, 0.25) is 5.91 Å². The van der Waals surface area contributed by atoms with E-state index in [0.717, 1.165) is 0 Å². The minimum Gasteiger partial charge on any atom is -0.481 e. The van der Waals surface area contributed by atoms with Crippen LogP contribution in [0.1, 0.15) is 25.7 Å². The number of aliphatic carboxylic acids is 1. The topological polar surface area (TPSA) is 66.4 Å². The average Bonchev–Trinajstić information content (AvgIpc) is 2.30. The summed E-state index contributed by atoms with van der Waals surface area (Å²) in [5.41, 5.74) is 0.443. The van der Waals surface area contributed by atoms with Crippen LogP contribution in [0, 0.1) is 9.39 Å². The number of carboxylic acid groups (broad SMARTS) is 1. The number of carbonyl (C=O) groups excluding carboxylic acids is 1. The Morgan fingerprint density at radius 2 is 1.94 bits per heavy atom. The third-order valence-corrected chi connectivity index (χ3v) is 3.37. The second-order valence-corrected chi connectivity index (χ2v) is 4.83. The zero-order chi connectivity index (χ0) is 13.5. The highest BCUT2D eigenvalue weighted by molar-refractivity contribution is 14.1. The lowest BCUT2D eigenvalue weighted by molar-refractivity contribution is -0.137. The molecule has 0 saturated carbocycles. The molecule has 0 aromatic heterocycles. The highest BCUT2D eigenvalue weighted by Gasteiger charge is 2.08. The molecule has 6 heteroatoms. The number of hydrogen-bond donors (Lipinski definition) is 2. The number of rotatable bonds is 6. The maximum Gasteiger partial charge on any atom is 0.303 e. The summed E-state index contributed by atoms with van der Waals surface area (Å²) in [4.78, 5) is 21.8. The molecule has 0 fully saturated rings. The Balaban J connectivity index is 2.40. The summed E-state index contributed by atoms with van der Waals surface area (Å²) in [6.07, 6.45) is 1.26. The van der Waals surface area contributed by atoms with E-state index in [2.05, 4.69) is 5.32 Å². The van der Waals surface area contributed by atoms with Crippen molar-refractivity contribution in [3.63, 3.8) is 0 Å². The molecule has 18 heavy (non-hydrogen) atoms. The third kappa shape index (κ3) is 4.99. The molecule has 0 spiro atoms. The van der Waals surface area contributed by atoms with Gasteiger partial charge in [-0.2, -0.15) is 0 Å². The van der Waals surface area contributed by atoms with Crippen LogP contribution in [-0.4, -0.2) is 17.0 Å². The van der Waals surface area contributed by atoms with Gasteiger partial charge in [0.05, 0.1) is 9.26 Å². The van der Waals surface area contributed by atoms with Crippen LogP contribution in [0.5, 0.6) is 0 Å². The Kier molecular flexibility index (Phi) is 6.03. The predicted molar refractivity (Wildman–Crippen MR) is 73.9 cm³/mol. The summed E-state index contributed by atoms with van der Waals surface area (Å²) >= 11 is 1.82. The fourth-order valence-corrected chi connectivity index (χ4v) is 1.87. The SMILES string of the molecule is O=C(O)CCCCC(=O)Nc1cccc(F)c1I. The van der Waals surface area contributed by atoms with E-state index in [1.807, 2.05) is 22.6 Å². The normalized spacial score (nSPS) is 10.1. The molecule has 4 nitrogen and oxygen atoms in total. The van der Waals surface area contributed by atoms with Crippen LogP contribution in [0.4, 0.5) is 10.1 Å². The van der Waals surface area contributed by atoms with Crippen LogP contribution >= 0.6 is 22.6 Å². The number of benzene rings is 1. The van der Waals surface area contributed by atoms with Gasteiger partial charge in [-0.1, -0.05) is 6.07 Å². The van der Waals surface area contributed by atoms with Gasteiger partial charge in [0.15, 0.2) is 0 Å². The molecule has 1 aromatic carbocycles. The number of carboxylic acids is 1. The summed E-state index contributed by atoms with van der Waals surface area (Å²) < 4.78 is 13.6. The summed E-state index contributed by atoms with van der Waals surface area (Å²) in [6.45, 7) is 0. The summed E-state index contributed by atoms with van der Waals surface area (Å²) in [6, 6.07) is 4.47. The smallest absolute Gasteiger partial charge is 0.303 e. The van der Waals surface area contributed by atoms with Crippen LogP contribution < -0.4 is 5.32 Å². The maximum absolute atomic E-state index is 13.2. The first-order valence-corrected chi connectivity index (χ1v) is 6.54. The van der Waals surface area contributed by atoms with Crippen molar-refractivity contribution in [3.05, 3.63) is 27.6 Å². The van der Waals surface area contributed by atoms with Gasteiger partial charge in [0.1, 0.15) is 5.82 Å². The first-order chi connectivity index (χ1) is 8.50. The van der Waals surface area contributed by atoms with E-state index in [1.54, 1.807) is 6.07 Å². The van der Waals surface area contributed by atoms with Crippen molar-refractivity contribution >= 4 is 40.2 Å². The largest absolute Gasteiger partial charge is 0.481 e. The van der Waals surface area contributed by atoms with Crippen LogP contribution in [-0.2, 0) is 9.59 Å². The molecule has 0 heterocycles. The number of carbonyl (C=O) groups is 2. The molecule has 2 N–H and O–H groups in total. The first-order valence-electron chi connectivity index (χ1n) is 5.46. The van der Waals surface area contributed by atoms with Gasteiger partial charge < -0.3 is 10.4 Å². The van der Waals surface area contributed by atoms with Crippen LogP contribution in [0.3, 0.4) is 0 Å². The van der Waals surface area contributed by atoms with Crippen molar-refractivity contribution in [2.75, 3.05) is 5.32 Å². The summed E-state index contributed by atoms with van der Waals surface area (Å²) in [7, 11) is 0. The first kappa shape index (κ1) is 14.9. The average molecular weight is 365 g/mol. The molecule has 0 bridgehead atoms. The molecule has 1 aromatic rings. The fraction of sp³-hybridized carbons (Fsp3) is 0.333. The maximum atomic E-state index is 13.2. The van der Waals surface area contributed by atoms with E-state index in [0.29, 0.717) is 22.1 Å². The van der Waals surface area contributed by atoms with Crippen molar-refractivity contribution in [3.8, 4) is 0 Å². The molecular formula is C12H13FINO3. The molecule has 1 amide bonds. The number of nitrogens with one attached hydrogen (secondary N) is 1. The van der Waals surface area contributed by atoms with Crippen LogP contribution in [0.25, 0.3) is 0 Å². The zero-order valence-corrected chi connectivity index (χ0v) is 11.7. The van der Waals surface area contributed by atoms with Crippen LogP contribution in [0.2, 0.25) is 0 Å². The number of hydrogen-bond acceptors (Lipinski definition) is 2. The van der Waals surface area contributed by atoms with Crippen LogP contribution in [0.15, 0.2) is 18.2 Å². The van der Waals surface area contributed by atoms with E-state index >= 15 is 0 Å². The third-order valence-electron chi connectivity index (χ3n) is 2.27. The quantitative estimate of drug-likeness (QED) is 0.602. The van der Waals surface area contributed by atoms with E-state index in [1.165, 1.54) is 12.1 Å². The second-order valence-electron chi connectivity index (χ2n) is 3.75. The monoisotopic (exact) mass is 365 g/mol. The number of halogens is 2. The van der Waals surface area contributed by atoms with Gasteiger partial charge >= 0.3 is 5.97 Å². The van der Waals surface area contributed by atoms with Crippen molar-refractivity contribution < 1.29 is 19.1 Å². The summed E-state index contributed by atoms with van der Waals surface area (Å²) in [5.74, 6) is -1.47. The van der Waals surface area contributed by atoms with Crippen molar-refractivity contribution in [1.82, 2.24) is 0 Å². The molecule has 0 unspecified atom stereocenters. The standard InChI is InChI=1S/C12H13FINO3/c13-8-4-3-5-9(12(8)14)15-10(16)6-1-2-7-11(17)18/h3-5H,1-2,6-7H2,(H,15,16)(H,17,18). The molecule has 0 aliphatic carbocycles. The molecule has 0 atom stereocenters. The highest BCUT2D eigenvalue weighted by atomic mass is 127. The highest BCUT2D eigenvalue weighted by Crippen LogP contribution is 2.21. The van der Waals surface area contributed by atoms with Gasteiger partial charge in [0, 0.05) is 12.8 Å². The molecule has 0 saturated heterocycles. The van der Waals surface area contributed by atoms with Gasteiger partial charge in [-0.05, 0) is 47.6 Å². The molecule has 1 rings (SSSR count). The Bertz CT molecular complexity index is 451. The zero-order valence-electron chi connectivity index (χ0n) is 9.58. The molecular weight excluding hydrogens is 352 g/mol.